The minimum Gasteiger partial charge on any atom is -0.464 e. The summed E-state index contributed by atoms with van der Waals surface area (Å²) in [6, 6.07) is 7.12. The topological polar surface area (TPSA) is 46.5 Å². The summed E-state index contributed by atoms with van der Waals surface area (Å²) in [6.45, 7) is 2.45. The summed E-state index contributed by atoms with van der Waals surface area (Å²) in [4.78, 5) is 15.1. The second-order valence-corrected chi connectivity index (χ2v) is 10.2. The van der Waals surface area contributed by atoms with Crippen LogP contribution in [-0.4, -0.2) is 54.3 Å². The molecule has 1 aromatic carbocycles. The van der Waals surface area contributed by atoms with Gasteiger partial charge in [-0.1, -0.05) is 25.0 Å². The number of carbonyl (C=O) groups excluding carboxylic acids is 1. The number of fused-ring (bicyclic) bond motifs is 2. The number of piperidine rings is 1. The van der Waals surface area contributed by atoms with Gasteiger partial charge in [0.05, 0.1) is 11.2 Å². The summed E-state index contributed by atoms with van der Waals surface area (Å²) in [5.41, 5.74) is 4.22. The van der Waals surface area contributed by atoms with Gasteiger partial charge >= 0.3 is 5.97 Å². The number of nitrogens with one attached hydrogen (secondary N) is 1. The van der Waals surface area contributed by atoms with Crippen molar-refractivity contribution in [2.75, 3.05) is 26.7 Å². The van der Waals surface area contributed by atoms with Crippen LogP contribution in [0.3, 0.4) is 0 Å². The van der Waals surface area contributed by atoms with E-state index in [4.69, 9.17) is 4.74 Å². The highest BCUT2D eigenvalue weighted by molar-refractivity contribution is 9.10. The lowest BCUT2D eigenvalue weighted by molar-refractivity contribution is -0.148. The minimum atomic E-state index is -0.116. The molecule has 1 N–H and O–H groups in total. The molecule has 2 aromatic rings. The molecule has 2 aliphatic heterocycles. The van der Waals surface area contributed by atoms with E-state index >= 15 is 0 Å². The fraction of sp³-hybridized carbons (Fsp3) is 0.625. The monoisotopic (exact) mass is 473 g/mol. The number of aryl methyl sites for hydroxylation is 1. The van der Waals surface area contributed by atoms with Crippen molar-refractivity contribution in [2.45, 2.75) is 56.5 Å². The van der Waals surface area contributed by atoms with E-state index in [1.54, 1.807) is 0 Å². The van der Waals surface area contributed by atoms with Crippen LogP contribution >= 0.6 is 15.9 Å². The van der Waals surface area contributed by atoms with Gasteiger partial charge in [0.2, 0.25) is 0 Å². The molecule has 3 heterocycles. The van der Waals surface area contributed by atoms with Crippen LogP contribution < -0.4 is 5.32 Å². The van der Waals surface area contributed by atoms with E-state index in [9.17, 15) is 4.79 Å². The molecule has 0 bridgehead atoms. The first-order valence-corrected chi connectivity index (χ1v) is 12.2. The summed E-state index contributed by atoms with van der Waals surface area (Å²) in [5, 5.41) is 4.80. The maximum Gasteiger partial charge on any atom is 0.323 e. The van der Waals surface area contributed by atoms with Crippen molar-refractivity contribution in [1.82, 2.24) is 14.8 Å². The van der Waals surface area contributed by atoms with E-state index < -0.39 is 0 Å². The molecular weight excluding hydrogens is 442 g/mol. The van der Waals surface area contributed by atoms with E-state index in [0.29, 0.717) is 24.5 Å². The predicted molar refractivity (Wildman–Crippen MR) is 123 cm³/mol. The Morgan fingerprint density at radius 2 is 2.13 bits per heavy atom. The normalized spacial score (nSPS) is 29.4. The number of ether oxygens (including phenoxy) is 1. The van der Waals surface area contributed by atoms with Gasteiger partial charge in [0.1, 0.15) is 6.04 Å². The quantitative estimate of drug-likeness (QED) is 0.684. The lowest BCUT2D eigenvalue weighted by Crippen LogP contribution is -2.49. The molecule has 2 saturated heterocycles. The SMILES string of the molecule is CN1CC(COC(=O)C2CCCCCN2)C[C@H]2c3cccc4c3c(c(Br)n4C)C[C@@H]21. The van der Waals surface area contributed by atoms with Crippen molar-refractivity contribution >= 4 is 32.8 Å². The summed E-state index contributed by atoms with van der Waals surface area (Å²) in [5.74, 6) is 0.825. The highest BCUT2D eigenvalue weighted by Crippen LogP contribution is 2.47. The Balaban J connectivity index is 1.33. The molecule has 0 saturated carbocycles. The first kappa shape index (κ1) is 20.5. The van der Waals surface area contributed by atoms with Crippen molar-refractivity contribution in [3.8, 4) is 0 Å². The first-order valence-electron chi connectivity index (χ1n) is 11.4. The van der Waals surface area contributed by atoms with Gasteiger partial charge in [-0.3, -0.25) is 4.79 Å². The van der Waals surface area contributed by atoms with Crippen LogP contribution in [0.15, 0.2) is 22.8 Å². The molecule has 162 valence electrons. The Bertz CT molecular complexity index is 948. The number of hydrogen-bond acceptors (Lipinski definition) is 4. The molecule has 0 amide bonds. The highest BCUT2D eigenvalue weighted by Gasteiger charge is 2.41. The standard InChI is InChI=1S/C24H32BrN3O2/c1-27-13-15(14-30-24(29)19-8-4-3-5-10-26-19)11-17-16-7-6-9-20-22(16)18(12-21(17)27)23(25)28(20)2/h6-7,9,15,17,19,21,26H,3-5,8,10-14H2,1-2H3/t15?,17-,19?,21-/m0/s1. The zero-order valence-corrected chi connectivity index (χ0v) is 19.6. The lowest BCUT2D eigenvalue weighted by Gasteiger charge is -2.45. The molecule has 3 aliphatic rings. The molecule has 5 rings (SSSR count). The summed E-state index contributed by atoms with van der Waals surface area (Å²) < 4.78 is 9.31. The van der Waals surface area contributed by atoms with E-state index in [2.05, 4.69) is 63.0 Å². The number of likely N-dealkylation sites (tertiary alicyclic amines) is 1. The zero-order valence-electron chi connectivity index (χ0n) is 18.0. The minimum absolute atomic E-state index is 0.0540. The first-order chi connectivity index (χ1) is 14.5. The molecule has 1 aliphatic carbocycles. The van der Waals surface area contributed by atoms with E-state index in [1.807, 2.05) is 0 Å². The van der Waals surface area contributed by atoms with Crippen molar-refractivity contribution in [3.63, 3.8) is 0 Å². The molecule has 1 aromatic heterocycles. The average Bonchev–Trinajstić information content (AvgIpc) is 2.95. The predicted octanol–water partition coefficient (Wildman–Crippen LogP) is 3.98. The van der Waals surface area contributed by atoms with E-state index in [1.165, 1.54) is 33.1 Å². The van der Waals surface area contributed by atoms with Crippen LogP contribution in [0.5, 0.6) is 0 Å². The number of nitrogens with zero attached hydrogens (tertiary/aromatic N) is 2. The Labute approximate surface area is 187 Å². The Morgan fingerprint density at radius 1 is 1.27 bits per heavy atom. The highest BCUT2D eigenvalue weighted by atomic mass is 79.9. The van der Waals surface area contributed by atoms with Gasteiger partial charge in [0, 0.05) is 42.4 Å². The van der Waals surface area contributed by atoms with Crippen molar-refractivity contribution in [3.05, 3.63) is 33.9 Å². The number of halogens is 1. The van der Waals surface area contributed by atoms with Gasteiger partial charge in [-0.15, -0.1) is 0 Å². The summed E-state index contributed by atoms with van der Waals surface area (Å²) in [7, 11) is 4.38. The number of esters is 1. The number of aromatic nitrogens is 1. The number of rotatable bonds is 3. The van der Waals surface area contributed by atoms with Crippen LogP contribution in [0, 0.1) is 5.92 Å². The van der Waals surface area contributed by atoms with Crippen LogP contribution in [0.2, 0.25) is 0 Å². The average molecular weight is 474 g/mol. The molecule has 0 radical (unpaired) electrons. The molecule has 2 unspecified atom stereocenters. The number of benzene rings is 1. The zero-order chi connectivity index (χ0) is 20.8. The van der Waals surface area contributed by atoms with Crippen molar-refractivity contribution < 1.29 is 9.53 Å². The molecule has 2 fully saturated rings. The van der Waals surface area contributed by atoms with Crippen molar-refractivity contribution in [1.29, 1.82) is 0 Å². The lowest BCUT2D eigenvalue weighted by atomic mass is 9.72. The van der Waals surface area contributed by atoms with Crippen LogP contribution in [0.25, 0.3) is 10.9 Å². The Hall–Kier alpha value is -1.37. The summed E-state index contributed by atoms with van der Waals surface area (Å²) in [6.07, 6.45) is 6.54. The molecule has 4 atom stereocenters. The fourth-order valence-electron chi connectivity index (χ4n) is 6.01. The summed E-state index contributed by atoms with van der Waals surface area (Å²) >= 11 is 3.84. The number of carbonyl (C=O) groups is 1. The Morgan fingerprint density at radius 3 is 3.00 bits per heavy atom. The van der Waals surface area contributed by atoms with Gasteiger partial charge in [-0.2, -0.15) is 0 Å². The third kappa shape index (κ3) is 3.51. The third-order valence-electron chi connectivity index (χ3n) is 7.56. The van der Waals surface area contributed by atoms with Crippen LogP contribution in [0.1, 0.15) is 49.1 Å². The molecule has 6 heteroatoms. The number of hydrogen-bond donors (Lipinski definition) is 1. The van der Waals surface area contributed by atoms with Crippen LogP contribution in [-0.2, 0) is 23.0 Å². The van der Waals surface area contributed by atoms with E-state index in [0.717, 1.165) is 45.2 Å². The largest absolute Gasteiger partial charge is 0.464 e. The molecule has 5 nitrogen and oxygen atoms in total. The maximum absolute atomic E-state index is 12.6. The Kier molecular flexibility index (Phi) is 5.67. The smallest absolute Gasteiger partial charge is 0.323 e. The number of likely N-dealkylation sites (N-methyl/N-ethyl adjacent to an activating group) is 1. The molecular formula is C24H32BrN3O2. The third-order valence-corrected chi connectivity index (χ3v) is 8.57. The second kappa shape index (κ2) is 8.29. The van der Waals surface area contributed by atoms with Crippen molar-refractivity contribution in [2.24, 2.45) is 13.0 Å². The van der Waals surface area contributed by atoms with E-state index in [-0.39, 0.29) is 12.0 Å². The van der Waals surface area contributed by atoms with Gasteiger partial charge < -0.3 is 19.5 Å². The van der Waals surface area contributed by atoms with Gasteiger partial charge in [0.25, 0.3) is 0 Å². The maximum atomic E-state index is 12.6. The van der Waals surface area contributed by atoms with Gasteiger partial charge in [0.15, 0.2) is 0 Å². The van der Waals surface area contributed by atoms with Gasteiger partial charge in [-0.25, -0.2) is 0 Å². The fourth-order valence-corrected chi connectivity index (χ4v) is 6.56. The molecule has 0 spiro atoms. The molecule has 30 heavy (non-hydrogen) atoms. The second-order valence-electron chi connectivity index (χ2n) is 9.48. The van der Waals surface area contributed by atoms with Gasteiger partial charge in [-0.05, 0) is 72.4 Å². The van der Waals surface area contributed by atoms with Crippen LogP contribution in [0.4, 0.5) is 0 Å².